The highest BCUT2D eigenvalue weighted by atomic mass is 16.2. The van der Waals surface area contributed by atoms with Crippen molar-refractivity contribution in [3.05, 3.63) is 41.1 Å². The maximum absolute atomic E-state index is 11.9. The number of hydrogen-bond acceptors (Lipinski definition) is 4. The van der Waals surface area contributed by atoms with Gasteiger partial charge in [0, 0.05) is 43.0 Å². The van der Waals surface area contributed by atoms with E-state index in [9.17, 15) is 4.79 Å². The highest BCUT2D eigenvalue weighted by Gasteiger charge is 2.21. The number of benzene rings is 1. The van der Waals surface area contributed by atoms with E-state index < -0.39 is 0 Å². The summed E-state index contributed by atoms with van der Waals surface area (Å²) < 4.78 is 1.83. The third kappa shape index (κ3) is 3.53. The Kier molecular flexibility index (Phi) is 4.62. The first kappa shape index (κ1) is 15.6. The molecule has 6 heteroatoms. The fourth-order valence-corrected chi connectivity index (χ4v) is 2.90. The van der Waals surface area contributed by atoms with Gasteiger partial charge in [-0.05, 0) is 31.5 Å². The zero-order valence-corrected chi connectivity index (χ0v) is 13.6. The van der Waals surface area contributed by atoms with Crippen LogP contribution in [0.4, 0.5) is 11.5 Å². The van der Waals surface area contributed by atoms with Crippen LogP contribution in [0.5, 0.6) is 0 Å². The van der Waals surface area contributed by atoms with Crippen LogP contribution in [0.15, 0.2) is 24.3 Å². The number of fused-ring (bicyclic) bond motifs is 1. The average Bonchev–Trinajstić information content (AvgIpc) is 2.86. The van der Waals surface area contributed by atoms with Crippen LogP contribution in [0.25, 0.3) is 0 Å². The van der Waals surface area contributed by atoms with Crippen LogP contribution in [0.1, 0.15) is 23.7 Å². The van der Waals surface area contributed by atoms with Crippen LogP contribution in [-0.4, -0.2) is 28.8 Å². The van der Waals surface area contributed by atoms with Crippen LogP contribution in [0.3, 0.4) is 0 Å². The van der Waals surface area contributed by atoms with Gasteiger partial charge in [-0.25, -0.2) is 0 Å². The van der Waals surface area contributed by atoms with Gasteiger partial charge >= 0.3 is 0 Å². The number of amides is 1. The number of carbonyl (C=O) groups excluding carboxylic acids is 1. The molecule has 0 unspecified atom stereocenters. The predicted molar refractivity (Wildman–Crippen MR) is 90.8 cm³/mol. The minimum absolute atomic E-state index is 0.00145. The molecule has 3 N–H and O–H groups in total. The van der Waals surface area contributed by atoms with Crippen LogP contribution < -0.4 is 16.0 Å². The molecular weight excluding hydrogens is 290 g/mol. The standard InChI is InChI=1S/C17H23N5O/c1-3-19-16(23)11-22-15-7-8-18-10-14(15)17(21-22)20-13-6-4-5-12(2)9-13/h4-6,9,18H,3,7-8,10-11H2,1-2H3,(H,19,23)(H,20,21). The molecule has 2 aromatic rings. The Balaban J connectivity index is 1.88. The molecule has 1 aromatic carbocycles. The van der Waals surface area contributed by atoms with Crippen LogP contribution in [0.2, 0.25) is 0 Å². The Morgan fingerprint density at radius 2 is 2.30 bits per heavy atom. The normalized spacial score (nSPS) is 13.5. The summed E-state index contributed by atoms with van der Waals surface area (Å²) in [6.07, 6.45) is 0.886. The average molecular weight is 313 g/mol. The van der Waals surface area contributed by atoms with Gasteiger partial charge in [0.2, 0.25) is 5.91 Å². The molecule has 23 heavy (non-hydrogen) atoms. The lowest BCUT2D eigenvalue weighted by molar-refractivity contribution is -0.121. The molecule has 0 atom stereocenters. The number of nitrogens with one attached hydrogen (secondary N) is 3. The molecule has 1 amide bonds. The Labute approximate surface area is 136 Å². The molecule has 0 bridgehead atoms. The molecule has 2 heterocycles. The first-order valence-corrected chi connectivity index (χ1v) is 8.07. The molecule has 1 aliphatic rings. The first-order valence-electron chi connectivity index (χ1n) is 8.07. The molecule has 1 aromatic heterocycles. The van der Waals surface area contributed by atoms with Gasteiger partial charge in [0.1, 0.15) is 6.54 Å². The molecule has 0 fully saturated rings. The van der Waals surface area contributed by atoms with Crippen LogP contribution in [0, 0.1) is 6.92 Å². The molecule has 0 saturated carbocycles. The van der Waals surface area contributed by atoms with E-state index in [1.807, 2.05) is 23.7 Å². The summed E-state index contributed by atoms with van der Waals surface area (Å²) in [6, 6.07) is 8.20. The van der Waals surface area contributed by atoms with Gasteiger partial charge in [-0.1, -0.05) is 12.1 Å². The first-order chi connectivity index (χ1) is 11.2. The molecule has 6 nitrogen and oxygen atoms in total. The highest BCUT2D eigenvalue weighted by Crippen LogP contribution is 2.26. The summed E-state index contributed by atoms with van der Waals surface area (Å²) in [7, 11) is 0. The zero-order chi connectivity index (χ0) is 16.2. The van der Waals surface area contributed by atoms with E-state index in [1.54, 1.807) is 0 Å². The number of rotatable bonds is 5. The molecule has 122 valence electrons. The summed E-state index contributed by atoms with van der Waals surface area (Å²) in [5.41, 5.74) is 4.51. The molecule has 1 aliphatic heterocycles. The van der Waals surface area contributed by atoms with E-state index in [0.717, 1.165) is 42.3 Å². The third-order valence-electron chi connectivity index (χ3n) is 3.95. The van der Waals surface area contributed by atoms with E-state index in [-0.39, 0.29) is 12.5 Å². The van der Waals surface area contributed by atoms with Gasteiger partial charge in [0.15, 0.2) is 5.82 Å². The minimum atomic E-state index is -0.00145. The molecular formula is C17H23N5O. The van der Waals surface area contributed by atoms with Gasteiger partial charge in [0.25, 0.3) is 0 Å². The van der Waals surface area contributed by atoms with Crippen molar-refractivity contribution in [3.8, 4) is 0 Å². The monoisotopic (exact) mass is 313 g/mol. The summed E-state index contributed by atoms with van der Waals surface area (Å²) >= 11 is 0. The summed E-state index contributed by atoms with van der Waals surface area (Å²) in [5, 5.41) is 14.2. The lowest BCUT2D eigenvalue weighted by atomic mass is 10.1. The number of carbonyl (C=O) groups is 1. The third-order valence-corrected chi connectivity index (χ3v) is 3.95. The number of aryl methyl sites for hydroxylation is 1. The highest BCUT2D eigenvalue weighted by molar-refractivity contribution is 5.76. The number of hydrogen-bond donors (Lipinski definition) is 3. The predicted octanol–water partition coefficient (Wildman–Crippen LogP) is 1.72. The molecule has 0 saturated heterocycles. The van der Waals surface area contributed by atoms with Gasteiger partial charge in [-0.2, -0.15) is 5.10 Å². The maximum atomic E-state index is 11.9. The van der Waals surface area contributed by atoms with E-state index in [2.05, 4.69) is 40.1 Å². The summed E-state index contributed by atoms with van der Waals surface area (Å²) in [6.45, 7) is 6.59. The maximum Gasteiger partial charge on any atom is 0.241 e. The fourth-order valence-electron chi connectivity index (χ4n) is 2.90. The fraction of sp³-hybridized carbons (Fsp3) is 0.412. The van der Waals surface area contributed by atoms with Crippen LogP contribution >= 0.6 is 0 Å². The van der Waals surface area contributed by atoms with Gasteiger partial charge in [-0.3, -0.25) is 9.48 Å². The molecule has 3 rings (SSSR count). The summed E-state index contributed by atoms with van der Waals surface area (Å²) in [4.78, 5) is 11.9. The van der Waals surface area contributed by atoms with Gasteiger partial charge in [-0.15, -0.1) is 0 Å². The van der Waals surface area contributed by atoms with Crippen LogP contribution in [-0.2, 0) is 24.3 Å². The van der Waals surface area contributed by atoms with E-state index in [0.29, 0.717) is 6.54 Å². The Morgan fingerprint density at radius 1 is 1.43 bits per heavy atom. The van der Waals surface area contributed by atoms with Crippen molar-refractivity contribution in [2.24, 2.45) is 0 Å². The van der Waals surface area contributed by atoms with Crippen molar-refractivity contribution in [2.75, 3.05) is 18.4 Å². The quantitative estimate of drug-likeness (QED) is 0.786. The topological polar surface area (TPSA) is 71.0 Å². The minimum Gasteiger partial charge on any atom is -0.355 e. The lowest BCUT2D eigenvalue weighted by Crippen LogP contribution is -2.30. The summed E-state index contributed by atoms with van der Waals surface area (Å²) in [5.74, 6) is 0.834. The molecule has 0 aliphatic carbocycles. The number of nitrogens with zero attached hydrogens (tertiary/aromatic N) is 2. The number of aromatic nitrogens is 2. The van der Waals surface area contributed by atoms with Crippen molar-refractivity contribution in [1.82, 2.24) is 20.4 Å². The second kappa shape index (κ2) is 6.83. The molecule has 0 radical (unpaired) electrons. The Morgan fingerprint density at radius 3 is 3.09 bits per heavy atom. The number of anilines is 2. The second-order valence-corrected chi connectivity index (χ2v) is 5.81. The van der Waals surface area contributed by atoms with Crippen molar-refractivity contribution in [3.63, 3.8) is 0 Å². The van der Waals surface area contributed by atoms with Crippen molar-refractivity contribution >= 4 is 17.4 Å². The number of likely N-dealkylation sites (N-methyl/N-ethyl adjacent to an activating group) is 1. The van der Waals surface area contributed by atoms with Crippen molar-refractivity contribution in [1.29, 1.82) is 0 Å². The lowest BCUT2D eigenvalue weighted by Gasteiger charge is -2.15. The smallest absolute Gasteiger partial charge is 0.241 e. The Bertz CT molecular complexity index is 707. The van der Waals surface area contributed by atoms with Gasteiger partial charge < -0.3 is 16.0 Å². The van der Waals surface area contributed by atoms with Gasteiger partial charge in [0.05, 0.1) is 0 Å². The largest absolute Gasteiger partial charge is 0.355 e. The van der Waals surface area contributed by atoms with E-state index in [1.165, 1.54) is 5.56 Å². The Hall–Kier alpha value is -2.34. The van der Waals surface area contributed by atoms with Crippen molar-refractivity contribution in [2.45, 2.75) is 33.4 Å². The van der Waals surface area contributed by atoms with E-state index in [4.69, 9.17) is 0 Å². The van der Waals surface area contributed by atoms with E-state index >= 15 is 0 Å². The molecule has 0 spiro atoms. The second-order valence-electron chi connectivity index (χ2n) is 5.81. The zero-order valence-electron chi connectivity index (χ0n) is 13.6. The van der Waals surface area contributed by atoms with Crippen molar-refractivity contribution < 1.29 is 4.79 Å². The SMILES string of the molecule is CCNC(=O)Cn1nc(Nc2cccc(C)c2)c2c1CCNC2.